The van der Waals surface area contributed by atoms with E-state index < -0.39 is 0 Å². The Labute approximate surface area is 151 Å². The summed E-state index contributed by atoms with van der Waals surface area (Å²) in [6.45, 7) is 3.51. The summed E-state index contributed by atoms with van der Waals surface area (Å²) >= 11 is 3.43. The molecule has 4 rings (SSSR count). The van der Waals surface area contributed by atoms with Crippen LogP contribution in [0.5, 0.6) is 5.75 Å². The summed E-state index contributed by atoms with van der Waals surface area (Å²) in [5, 5.41) is 3.43. The monoisotopic (exact) mass is 393 g/mol. The van der Waals surface area contributed by atoms with Crippen LogP contribution < -0.4 is 10.1 Å². The van der Waals surface area contributed by atoms with Crippen LogP contribution in [-0.2, 0) is 4.74 Å². The van der Waals surface area contributed by atoms with Crippen molar-refractivity contribution < 1.29 is 9.47 Å². The molecule has 0 amide bonds. The summed E-state index contributed by atoms with van der Waals surface area (Å²) in [4.78, 5) is 6.84. The van der Waals surface area contributed by atoms with Crippen LogP contribution in [-0.4, -0.2) is 56.4 Å². The quantitative estimate of drug-likeness (QED) is 0.484. The number of nitrogens with one attached hydrogen (secondary N) is 1. The number of benzene rings is 1. The van der Waals surface area contributed by atoms with Crippen molar-refractivity contribution in [1.82, 2.24) is 10.2 Å². The zero-order valence-corrected chi connectivity index (χ0v) is 15.5. The predicted molar refractivity (Wildman–Crippen MR) is 97.4 cm³/mol. The molecule has 0 aliphatic carbocycles. The molecule has 1 N–H and O–H groups in total. The third kappa shape index (κ3) is 3.14. The fraction of sp³-hybridized carbons (Fsp3) is 0.611. The Bertz CT molecular complexity index is 589. The van der Waals surface area contributed by atoms with Gasteiger partial charge in [-0.1, -0.05) is 15.9 Å². The Kier molecular flexibility index (Phi) is 4.68. The first-order chi connectivity index (χ1) is 11.7. The maximum absolute atomic E-state index is 6.05. The van der Waals surface area contributed by atoms with Gasteiger partial charge in [-0.2, -0.15) is 0 Å². The van der Waals surface area contributed by atoms with E-state index in [0.29, 0.717) is 30.7 Å². The van der Waals surface area contributed by atoms with E-state index in [1.807, 2.05) is 31.3 Å². The van der Waals surface area contributed by atoms with Crippen LogP contribution in [0, 0.1) is 11.8 Å². The van der Waals surface area contributed by atoms with E-state index in [4.69, 9.17) is 9.47 Å². The van der Waals surface area contributed by atoms with Gasteiger partial charge in [-0.3, -0.25) is 4.99 Å². The number of likely N-dealkylation sites (tertiary alicyclic amines) is 1. The summed E-state index contributed by atoms with van der Waals surface area (Å²) in [7, 11) is 1.86. The summed E-state index contributed by atoms with van der Waals surface area (Å²) in [5.74, 6) is 3.27. The molecule has 3 saturated heterocycles. The first kappa shape index (κ1) is 16.2. The lowest BCUT2D eigenvalue weighted by atomic mass is 9.82. The second-order valence-corrected chi connectivity index (χ2v) is 7.72. The molecule has 0 aromatic heterocycles. The van der Waals surface area contributed by atoms with Gasteiger partial charge in [0, 0.05) is 36.4 Å². The molecule has 3 aliphatic heterocycles. The molecule has 24 heavy (non-hydrogen) atoms. The van der Waals surface area contributed by atoms with Crippen molar-refractivity contribution in [3.05, 3.63) is 28.7 Å². The van der Waals surface area contributed by atoms with E-state index in [1.54, 1.807) is 0 Å². The molecule has 6 heteroatoms. The molecule has 0 radical (unpaired) electrons. The van der Waals surface area contributed by atoms with Crippen molar-refractivity contribution in [2.24, 2.45) is 16.8 Å². The van der Waals surface area contributed by atoms with Gasteiger partial charge in [0.1, 0.15) is 12.4 Å². The minimum Gasteiger partial charge on any atom is -0.492 e. The zero-order valence-electron chi connectivity index (χ0n) is 14.0. The number of hydrogen-bond acceptors (Lipinski definition) is 3. The maximum atomic E-state index is 6.05. The topological polar surface area (TPSA) is 46.1 Å². The lowest BCUT2D eigenvalue weighted by molar-refractivity contribution is 0.0767. The van der Waals surface area contributed by atoms with Gasteiger partial charge in [-0.05, 0) is 37.1 Å². The van der Waals surface area contributed by atoms with Gasteiger partial charge in [0.15, 0.2) is 5.96 Å². The first-order valence-electron chi connectivity index (χ1n) is 8.74. The summed E-state index contributed by atoms with van der Waals surface area (Å²) in [5.41, 5.74) is 0. The normalized spacial score (nSPS) is 31.4. The van der Waals surface area contributed by atoms with Crippen molar-refractivity contribution >= 4 is 21.9 Å². The smallest absolute Gasteiger partial charge is 0.193 e. The first-order valence-corrected chi connectivity index (χ1v) is 9.53. The second kappa shape index (κ2) is 6.92. The molecule has 3 heterocycles. The number of fused-ring (bicyclic) bond motifs is 5. The number of halogens is 1. The van der Waals surface area contributed by atoms with Gasteiger partial charge < -0.3 is 19.7 Å². The standard InChI is InChI=1S/C18H24BrN3O2/c1-20-18(21-8-9-23-13-4-2-12(19)3-5-13)22-10-14-15(11-22)17-7-6-16(14)24-17/h2-5,14-17H,6-11H2,1H3,(H,20,21). The predicted octanol–water partition coefficient (Wildman–Crippen LogP) is 2.51. The minimum atomic E-state index is 0.490. The van der Waals surface area contributed by atoms with Crippen LogP contribution in [0.1, 0.15) is 12.8 Å². The highest BCUT2D eigenvalue weighted by Gasteiger charge is 2.53. The van der Waals surface area contributed by atoms with Crippen LogP contribution in [0.25, 0.3) is 0 Å². The minimum absolute atomic E-state index is 0.490. The van der Waals surface area contributed by atoms with E-state index in [2.05, 4.69) is 31.1 Å². The van der Waals surface area contributed by atoms with E-state index in [9.17, 15) is 0 Å². The fourth-order valence-electron chi connectivity index (χ4n) is 4.33. The van der Waals surface area contributed by atoms with Crippen molar-refractivity contribution in [3.8, 4) is 5.75 Å². The Balaban J connectivity index is 1.24. The van der Waals surface area contributed by atoms with Gasteiger partial charge in [0.25, 0.3) is 0 Å². The largest absolute Gasteiger partial charge is 0.492 e. The lowest BCUT2D eigenvalue weighted by Crippen LogP contribution is -2.42. The zero-order chi connectivity index (χ0) is 16.5. The molecule has 4 atom stereocenters. The van der Waals surface area contributed by atoms with Crippen LogP contribution in [0.2, 0.25) is 0 Å². The third-order valence-corrected chi connectivity index (χ3v) is 5.96. The Morgan fingerprint density at radius 1 is 1.25 bits per heavy atom. The van der Waals surface area contributed by atoms with Crippen LogP contribution in [0.4, 0.5) is 0 Å². The molecule has 1 aromatic carbocycles. The van der Waals surface area contributed by atoms with Crippen molar-refractivity contribution in [3.63, 3.8) is 0 Å². The third-order valence-electron chi connectivity index (χ3n) is 5.43. The van der Waals surface area contributed by atoms with Gasteiger partial charge in [-0.15, -0.1) is 0 Å². The lowest BCUT2D eigenvalue weighted by Gasteiger charge is -2.23. The molecule has 4 unspecified atom stereocenters. The van der Waals surface area contributed by atoms with E-state index in [0.717, 1.165) is 35.8 Å². The van der Waals surface area contributed by atoms with Crippen LogP contribution >= 0.6 is 15.9 Å². The van der Waals surface area contributed by atoms with Crippen molar-refractivity contribution in [1.29, 1.82) is 0 Å². The molecular weight excluding hydrogens is 370 g/mol. The maximum Gasteiger partial charge on any atom is 0.193 e. The average Bonchev–Trinajstić information content (AvgIpc) is 3.29. The molecule has 130 valence electrons. The molecule has 0 saturated carbocycles. The highest BCUT2D eigenvalue weighted by molar-refractivity contribution is 9.10. The number of guanidine groups is 1. The Morgan fingerprint density at radius 3 is 2.54 bits per heavy atom. The molecule has 2 bridgehead atoms. The number of hydrogen-bond donors (Lipinski definition) is 1. The molecule has 3 aliphatic rings. The van der Waals surface area contributed by atoms with Crippen LogP contribution in [0.15, 0.2) is 33.7 Å². The Morgan fingerprint density at radius 2 is 1.92 bits per heavy atom. The average molecular weight is 394 g/mol. The second-order valence-electron chi connectivity index (χ2n) is 6.80. The number of aliphatic imine (C=N–C) groups is 1. The number of nitrogens with zero attached hydrogens (tertiary/aromatic N) is 2. The molecule has 3 fully saturated rings. The van der Waals surface area contributed by atoms with Gasteiger partial charge in [0.05, 0.1) is 18.8 Å². The Hall–Kier alpha value is -1.27. The van der Waals surface area contributed by atoms with E-state index >= 15 is 0 Å². The van der Waals surface area contributed by atoms with E-state index in [1.165, 1.54) is 12.8 Å². The highest BCUT2D eigenvalue weighted by atomic mass is 79.9. The van der Waals surface area contributed by atoms with Crippen LogP contribution in [0.3, 0.4) is 0 Å². The molecule has 0 spiro atoms. The van der Waals surface area contributed by atoms with Crippen molar-refractivity contribution in [2.75, 3.05) is 33.3 Å². The number of rotatable bonds is 4. The van der Waals surface area contributed by atoms with Gasteiger partial charge in [-0.25, -0.2) is 0 Å². The number of ether oxygens (including phenoxy) is 2. The SMILES string of the molecule is CN=C(NCCOc1ccc(Br)cc1)N1CC2C3CCC(O3)C2C1. The summed E-state index contributed by atoms with van der Waals surface area (Å²) in [6, 6.07) is 7.91. The van der Waals surface area contributed by atoms with Gasteiger partial charge in [0.2, 0.25) is 0 Å². The molecule has 1 aromatic rings. The highest BCUT2D eigenvalue weighted by Crippen LogP contribution is 2.47. The molecular formula is C18H24BrN3O2. The summed E-state index contributed by atoms with van der Waals surface area (Å²) in [6.07, 6.45) is 3.46. The summed E-state index contributed by atoms with van der Waals surface area (Å²) < 4.78 is 12.9. The van der Waals surface area contributed by atoms with Gasteiger partial charge >= 0.3 is 0 Å². The van der Waals surface area contributed by atoms with E-state index in [-0.39, 0.29) is 0 Å². The van der Waals surface area contributed by atoms with Crippen molar-refractivity contribution in [2.45, 2.75) is 25.0 Å². The fourth-order valence-corrected chi connectivity index (χ4v) is 4.59. The molecule has 5 nitrogen and oxygen atoms in total.